The number of aliphatic carboxylic acids is 3. The number of hydrogen-bond donors (Lipinski definition) is 9. The van der Waals surface area contributed by atoms with Gasteiger partial charge >= 0.3 is 17.9 Å². The maximum Gasteiger partial charge on any atom is 0.326 e. The van der Waals surface area contributed by atoms with E-state index >= 15 is 0 Å². The van der Waals surface area contributed by atoms with Gasteiger partial charge in [0, 0.05) is 6.42 Å². The number of nitrogens with one attached hydrogen (secondary N) is 3. The van der Waals surface area contributed by atoms with Crippen LogP contribution in [0.3, 0.4) is 0 Å². The van der Waals surface area contributed by atoms with Crippen molar-refractivity contribution >= 4 is 41.5 Å². The fourth-order valence-corrected chi connectivity index (χ4v) is 2.97. The predicted octanol–water partition coefficient (Wildman–Crippen LogP) is -3.37. The number of carboxylic acids is 3. The van der Waals surface area contributed by atoms with Crippen LogP contribution < -0.4 is 27.4 Å². The second kappa shape index (κ2) is 14.0. The smallest absolute Gasteiger partial charge is 0.326 e. The van der Waals surface area contributed by atoms with Crippen molar-refractivity contribution in [3.8, 4) is 5.75 Å². The number of aromatic hydroxyl groups is 1. The molecule has 1 rings (SSSR count). The van der Waals surface area contributed by atoms with Gasteiger partial charge in [0.15, 0.2) is 0 Å². The van der Waals surface area contributed by atoms with Gasteiger partial charge in [-0.05, 0) is 17.7 Å². The molecule has 4 unspecified atom stereocenters. The largest absolute Gasteiger partial charge is 0.508 e. The lowest BCUT2D eigenvalue weighted by Crippen LogP contribution is -2.58. The molecule has 0 aliphatic heterocycles. The Labute approximate surface area is 209 Å². The van der Waals surface area contributed by atoms with E-state index in [4.69, 9.17) is 26.8 Å². The standard InChI is InChI=1S/C21H27N5O11/c22-11(6-16(29)30)18(33)24-12(5-9-1-3-10(27)4-2-9)19(34)25-13(7-15(23)28)20(35)26-14(21(36)37)8-17(31)32/h1-4,11-14,27H,5-8,22H2,(H2,23,28)(H,24,33)(H,25,34)(H,26,35)(H,29,30)(H,31,32)(H,36,37). The predicted molar refractivity (Wildman–Crippen MR) is 122 cm³/mol. The van der Waals surface area contributed by atoms with E-state index in [-0.39, 0.29) is 12.2 Å². The highest BCUT2D eigenvalue weighted by molar-refractivity contribution is 5.97. The summed E-state index contributed by atoms with van der Waals surface area (Å²) in [6.45, 7) is 0. The van der Waals surface area contributed by atoms with Crippen LogP contribution in [0.2, 0.25) is 0 Å². The van der Waals surface area contributed by atoms with Gasteiger partial charge in [-0.3, -0.25) is 28.8 Å². The highest BCUT2D eigenvalue weighted by Crippen LogP contribution is 2.12. The number of carbonyl (C=O) groups is 7. The lowest BCUT2D eigenvalue weighted by Gasteiger charge is -2.24. The first-order chi connectivity index (χ1) is 17.2. The molecule has 0 fully saturated rings. The Morgan fingerprint density at radius 1 is 0.703 bits per heavy atom. The molecule has 0 aliphatic carbocycles. The highest BCUT2D eigenvalue weighted by atomic mass is 16.4. The van der Waals surface area contributed by atoms with Crippen molar-refractivity contribution in [2.45, 2.75) is 49.9 Å². The minimum absolute atomic E-state index is 0.0928. The number of amides is 4. The number of primary amides is 1. The van der Waals surface area contributed by atoms with E-state index in [2.05, 4.69) is 10.6 Å². The van der Waals surface area contributed by atoms with E-state index in [0.29, 0.717) is 5.56 Å². The topological polar surface area (TPSA) is 289 Å². The van der Waals surface area contributed by atoms with Crippen LogP contribution >= 0.6 is 0 Å². The second-order valence-electron chi connectivity index (χ2n) is 7.86. The Morgan fingerprint density at radius 2 is 1.19 bits per heavy atom. The molecule has 0 aromatic heterocycles. The van der Waals surface area contributed by atoms with E-state index < -0.39 is 85.0 Å². The third kappa shape index (κ3) is 11.0. The van der Waals surface area contributed by atoms with Crippen molar-refractivity contribution < 1.29 is 54.0 Å². The van der Waals surface area contributed by atoms with Crippen LogP contribution in [0, 0.1) is 0 Å². The van der Waals surface area contributed by atoms with Crippen molar-refractivity contribution in [2.75, 3.05) is 0 Å². The summed E-state index contributed by atoms with van der Waals surface area (Å²) >= 11 is 0. The van der Waals surface area contributed by atoms with E-state index in [1.807, 2.05) is 5.32 Å². The summed E-state index contributed by atoms with van der Waals surface area (Å²) in [5.41, 5.74) is 11.1. The van der Waals surface area contributed by atoms with E-state index in [9.17, 15) is 38.7 Å². The highest BCUT2D eigenvalue weighted by Gasteiger charge is 2.32. The van der Waals surface area contributed by atoms with Gasteiger partial charge in [-0.2, -0.15) is 0 Å². The molecule has 0 saturated carbocycles. The first kappa shape index (κ1) is 30.3. The normalized spacial score (nSPS) is 13.8. The Morgan fingerprint density at radius 3 is 1.68 bits per heavy atom. The number of carbonyl (C=O) groups excluding carboxylic acids is 4. The van der Waals surface area contributed by atoms with Gasteiger partial charge in [-0.1, -0.05) is 12.1 Å². The molecule has 0 radical (unpaired) electrons. The van der Waals surface area contributed by atoms with E-state index in [1.54, 1.807) is 0 Å². The zero-order valence-corrected chi connectivity index (χ0v) is 19.2. The fourth-order valence-electron chi connectivity index (χ4n) is 2.97. The molecule has 0 heterocycles. The Balaban J connectivity index is 3.16. The molecule has 37 heavy (non-hydrogen) atoms. The molecule has 4 atom stereocenters. The van der Waals surface area contributed by atoms with Crippen LogP contribution in [0.1, 0.15) is 24.8 Å². The Kier molecular flexibility index (Phi) is 11.4. The van der Waals surface area contributed by atoms with Crippen LogP contribution in [-0.4, -0.2) is 86.1 Å². The molecule has 0 bridgehead atoms. The quantitative estimate of drug-likeness (QED) is 0.108. The maximum atomic E-state index is 13.0. The first-order valence-electron chi connectivity index (χ1n) is 10.6. The van der Waals surface area contributed by atoms with Crippen LogP contribution in [0.4, 0.5) is 0 Å². The minimum atomic E-state index is -1.89. The van der Waals surface area contributed by atoms with Crippen molar-refractivity contribution in [1.82, 2.24) is 16.0 Å². The minimum Gasteiger partial charge on any atom is -0.508 e. The third-order valence-electron chi connectivity index (χ3n) is 4.77. The van der Waals surface area contributed by atoms with Gasteiger partial charge < -0.3 is 47.8 Å². The molecule has 4 amide bonds. The summed E-state index contributed by atoms with van der Waals surface area (Å²) in [7, 11) is 0. The summed E-state index contributed by atoms with van der Waals surface area (Å²) in [5.74, 6) is -9.10. The molecule has 11 N–H and O–H groups in total. The van der Waals surface area contributed by atoms with Crippen molar-refractivity contribution in [1.29, 1.82) is 0 Å². The lowest BCUT2D eigenvalue weighted by molar-refractivity contribution is -0.147. The van der Waals surface area contributed by atoms with Gasteiger partial charge in [0.2, 0.25) is 23.6 Å². The average molecular weight is 525 g/mol. The molecule has 0 aliphatic rings. The molecule has 16 nitrogen and oxygen atoms in total. The number of carboxylic acid groups (broad SMARTS) is 3. The summed E-state index contributed by atoms with van der Waals surface area (Å²) < 4.78 is 0. The maximum absolute atomic E-state index is 13.0. The number of nitrogens with two attached hydrogens (primary N) is 2. The van der Waals surface area contributed by atoms with Crippen molar-refractivity contribution in [2.24, 2.45) is 11.5 Å². The van der Waals surface area contributed by atoms with Crippen molar-refractivity contribution in [3.05, 3.63) is 29.8 Å². The van der Waals surface area contributed by atoms with E-state index in [1.165, 1.54) is 24.3 Å². The number of benzene rings is 1. The third-order valence-corrected chi connectivity index (χ3v) is 4.77. The lowest BCUT2D eigenvalue weighted by atomic mass is 10.0. The van der Waals surface area contributed by atoms with Gasteiger partial charge in [0.25, 0.3) is 0 Å². The van der Waals surface area contributed by atoms with Crippen LogP contribution in [-0.2, 0) is 40.0 Å². The van der Waals surface area contributed by atoms with Gasteiger partial charge in [0.05, 0.1) is 25.3 Å². The van der Waals surface area contributed by atoms with E-state index in [0.717, 1.165) is 0 Å². The summed E-state index contributed by atoms with van der Waals surface area (Å²) in [4.78, 5) is 82.4. The van der Waals surface area contributed by atoms with Gasteiger partial charge in [-0.15, -0.1) is 0 Å². The van der Waals surface area contributed by atoms with Gasteiger partial charge in [0.1, 0.15) is 23.9 Å². The summed E-state index contributed by atoms with van der Waals surface area (Å²) in [6, 6.07) is -1.25. The summed E-state index contributed by atoms with van der Waals surface area (Å²) in [6.07, 6.45) is -2.81. The number of phenolic OH excluding ortho intramolecular Hbond substituents is 1. The molecule has 1 aromatic carbocycles. The Bertz CT molecular complexity index is 1040. The summed E-state index contributed by atoms with van der Waals surface area (Å²) in [5, 5.41) is 42.5. The molecule has 202 valence electrons. The zero-order valence-electron chi connectivity index (χ0n) is 19.2. The average Bonchev–Trinajstić information content (AvgIpc) is 2.77. The molecule has 0 spiro atoms. The molecule has 16 heteroatoms. The first-order valence-corrected chi connectivity index (χ1v) is 10.6. The molecular weight excluding hydrogens is 498 g/mol. The Hall–Kier alpha value is -4.73. The van der Waals surface area contributed by atoms with Gasteiger partial charge in [-0.25, -0.2) is 4.79 Å². The molecular formula is C21H27N5O11. The fraction of sp³-hybridized carbons (Fsp3) is 0.381. The van der Waals surface area contributed by atoms with Crippen LogP contribution in [0.5, 0.6) is 5.75 Å². The van der Waals surface area contributed by atoms with Crippen molar-refractivity contribution in [3.63, 3.8) is 0 Å². The number of phenols is 1. The molecule has 0 saturated heterocycles. The number of rotatable bonds is 15. The molecule has 1 aromatic rings. The number of hydrogen-bond acceptors (Lipinski definition) is 9. The SMILES string of the molecule is NC(=O)CC(NC(=O)C(Cc1ccc(O)cc1)NC(=O)C(N)CC(=O)O)C(=O)NC(CC(=O)O)C(=O)O. The monoisotopic (exact) mass is 525 g/mol. The van der Waals surface area contributed by atoms with Crippen LogP contribution in [0.25, 0.3) is 0 Å². The van der Waals surface area contributed by atoms with Crippen LogP contribution in [0.15, 0.2) is 24.3 Å². The zero-order chi connectivity index (χ0) is 28.3. The second-order valence-corrected chi connectivity index (χ2v) is 7.86.